The zero-order valence-corrected chi connectivity index (χ0v) is 14.4. The van der Waals surface area contributed by atoms with Crippen LogP contribution in [0.25, 0.3) is 10.6 Å². The Hall–Kier alpha value is -1.96. The quantitative estimate of drug-likeness (QED) is 0.834. The van der Waals surface area contributed by atoms with Crippen molar-refractivity contribution in [1.82, 2.24) is 15.6 Å². The number of rotatable bonds is 6. The van der Waals surface area contributed by atoms with Crippen molar-refractivity contribution in [2.45, 2.75) is 19.1 Å². The van der Waals surface area contributed by atoms with Crippen molar-refractivity contribution in [3.05, 3.63) is 35.3 Å². The molecule has 1 aliphatic rings. The van der Waals surface area contributed by atoms with E-state index in [0.717, 1.165) is 34.3 Å². The summed E-state index contributed by atoms with van der Waals surface area (Å²) in [5.41, 5.74) is 0.962. The maximum Gasteiger partial charge on any atom is 0.222 e. The lowest BCUT2D eigenvalue weighted by Crippen LogP contribution is -2.41. The molecule has 3 rings (SSSR count). The Balaban J connectivity index is 1.55. The van der Waals surface area contributed by atoms with E-state index in [0.29, 0.717) is 19.6 Å². The molecule has 0 unspecified atom stereocenters. The van der Waals surface area contributed by atoms with Crippen LogP contribution < -0.4 is 15.4 Å². The van der Waals surface area contributed by atoms with Crippen LogP contribution in [0.5, 0.6) is 5.75 Å². The van der Waals surface area contributed by atoms with Crippen molar-refractivity contribution in [1.29, 1.82) is 0 Å². The minimum absolute atomic E-state index is 0.00376. The molecule has 1 aromatic heterocycles. The van der Waals surface area contributed by atoms with Crippen LogP contribution in [-0.4, -0.2) is 43.8 Å². The highest BCUT2D eigenvalue weighted by Crippen LogP contribution is 2.32. The van der Waals surface area contributed by atoms with Crippen LogP contribution in [0.2, 0.25) is 0 Å². The number of hydrogen-bond acceptors (Lipinski definition) is 6. The number of nitrogens with zero attached hydrogens (tertiary/aromatic N) is 1. The highest BCUT2D eigenvalue weighted by molar-refractivity contribution is 7.15. The molecule has 0 saturated carbocycles. The summed E-state index contributed by atoms with van der Waals surface area (Å²) in [5, 5.41) is 7.04. The fourth-order valence-electron chi connectivity index (χ4n) is 2.55. The zero-order valence-electron chi connectivity index (χ0n) is 13.6. The first-order valence-electron chi connectivity index (χ1n) is 7.93. The number of carbonyl (C=O) groups is 1. The minimum atomic E-state index is -0.0376. The number of aromatic nitrogens is 1. The Kier molecular flexibility index (Phi) is 5.79. The van der Waals surface area contributed by atoms with E-state index in [2.05, 4.69) is 15.6 Å². The molecule has 2 aromatic rings. The number of methoxy groups -OCH3 is 1. The van der Waals surface area contributed by atoms with Gasteiger partial charge in [-0.25, -0.2) is 4.98 Å². The van der Waals surface area contributed by atoms with Gasteiger partial charge in [-0.2, -0.15) is 0 Å². The molecule has 6 nitrogen and oxygen atoms in total. The number of hydrogen-bond donors (Lipinski definition) is 2. The number of para-hydroxylation sites is 1. The SMILES string of the molecule is COc1ccccc1-c1ncc(CNC(=O)C[C@H]2CNCCO2)s1. The molecule has 0 aliphatic carbocycles. The predicted molar refractivity (Wildman–Crippen MR) is 93.2 cm³/mol. The van der Waals surface area contributed by atoms with Gasteiger partial charge in [-0.1, -0.05) is 12.1 Å². The van der Waals surface area contributed by atoms with Gasteiger partial charge in [-0.15, -0.1) is 11.3 Å². The van der Waals surface area contributed by atoms with Crippen molar-refractivity contribution in [2.75, 3.05) is 26.8 Å². The highest BCUT2D eigenvalue weighted by Gasteiger charge is 2.17. The molecule has 1 aliphatic heterocycles. The molecular formula is C17H21N3O3S. The summed E-state index contributed by atoms with van der Waals surface area (Å²) >= 11 is 1.55. The lowest BCUT2D eigenvalue weighted by molar-refractivity contribution is -0.124. The Morgan fingerprint density at radius 1 is 1.50 bits per heavy atom. The molecule has 2 heterocycles. The Morgan fingerprint density at radius 3 is 3.17 bits per heavy atom. The van der Waals surface area contributed by atoms with Crippen LogP contribution in [0.1, 0.15) is 11.3 Å². The molecule has 1 fully saturated rings. The lowest BCUT2D eigenvalue weighted by Gasteiger charge is -2.22. The Morgan fingerprint density at radius 2 is 2.38 bits per heavy atom. The second-order valence-corrected chi connectivity index (χ2v) is 6.62. The lowest BCUT2D eigenvalue weighted by atomic mass is 10.2. The van der Waals surface area contributed by atoms with E-state index >= 15 is 0 Å². The Bertz CT molecular complexity index is 683. The molecule has 24 heavy (non-hydrogen) atoms. The van der Waals surface area contributed by atoms with Crippen molar-refractivity contribution in [3.63, 3.8) is 0 Å². The summed E-state index contributed by atoms with van der Waals surface area (Å²) in [7, 11) is 1.65. The normalized spacial score (nSPS) is 17.5. The topological polar surface area (TPSA) is 72.5 Å². The summed E-state index contributed by atoms with van der Waals surface area (Å²) in [6.45, 7) is 2.72. The maximum absolute atomic E-state index is 12.0. The minimum Gasteiger partial charge on any atom is -0.496 e. The fraction of sp³-hybridized carbons (Fsp3) is 0.412. The number of amides is 1. The van der Waals surface area contributed by atoms with E-state index in [1.54, 1.807) is 24.6 Å². The van der Waals surface area contributed by atoms with Crippen LogP contribution in [-0.2, 0) is 16.1 Å². The van der Waals surface area contributed by atoms with Gasteiger partial charge >= 0.3 is 0 Å². The van der Waals surface area contributed by atoms with Crippen LogP contribution >= 0.6 is 11.3 Å². The molecule has 1 saturated heterocycles. The van der Waals surface area contributed by atoms with Crippen molar-refractivity contribution < 1.29 is 14.3 Å². The van der Waals surface area contributed by atoms with Gasteiger partial charge in [-0.05, 0) is 12.1 Å². The van der Waals surface area contributed by atoms with Crippen LogP contribution in [0.3, 0.4) is 0 Å². The predicted octanol–water partition coefficient (Wildman–Crippen LogP) is 1.81. The van der Waals surface area contributed by atoms with E-state index in [9.17, 15) is 4.79 Å². The third kappa shape index (κ3) is 4.31. The molecule has 2 N–H and O–H groups in total. The second-order valence-electron chi connectivity index (χ2n) is 5.51. The highest BCUT2D eigenvalue weighted by atomic mass is 32.1. The molecule has 0 bridgehead atoms. The van der Waals surface area contributed by atoms with E-state index in [1.807, 2.05) is 24.3 Å². The van der Waals surface area contributed by atoms with Crippen LogP contribution in [0.15, 0.2) is 30.5 Å². The third-order valence-corrected chi connectivity index (χ3v) is 4.80. The number of benzene rings is 1. The van der Waals surface area contributed by atoms with E-state index in [1.165, 1.54) is 0 Å². The van der Waals surface area contributed by atoms with Gasteiger partial charge in [0.25, 0.3) is 0 Å². The first kappa shape index (κ1) is 16.9. The molecule has 0 radical (unpaired) electrons. The summed E-state index contributed by atoms with van der Waals surface area (Å²) in [4.78, 5) is 17.5. The third-order valence-electron chi connectivity index (χ3n) is 3.77. The maximum atomic E-state index is 12.0. The van der Waals surface area contributed by atoms with Gasteiger partial charge in [0.1, 0.15) is 10.8 Å². The van der Waals surface area contributed by atoms with Gasteiger partial charge in [0, 0.05) is 24.2 Å². The number of ether oxygens (including phenoxy) is 2. The van der Waals surface area contributed by atoms with Crippen LogP contribution in [0.4, 0.5) is 0 Å². The molecular weight excluding hydrogens is 326 g/mol. The van der Waals surface area contributed by atoms with E-state index < -0.39 is 0 Å². The van der Waals surface area contributed by atoms with E-state index in [-0.39, 0.29) is 12.0 Å². The molecule has 0 spiro atoms. The van der Waals surface area contributed by atoms with Crippen molar-refractivity contribution >= 4 is 17.2 Å². The Labute approximate surface area is 145 Å². The summed E-state index contributed by atoms with van der Waals surface area (Å²) in [6, 6.07) is 7.78. The van der Waals surface area contributed by atoms with E-state index in [4.69, 9.17) is 9.47 Å². The van der Waals surface area contributed by atoms with Gasteiger partial charge < -0.3 is 20.1 Å². The average molecular weight is 347 g/mol. The first-order chi connectivity index (χ1) is 11.8. The van der Waals surface area contributed by atoms with Gasteiger partial charge in [0.05, 0.1) is 38.3 Å². The van der Waals surface area contributed by atoms with Crippen molar-refractivity contribution in [3.8, 4) is 16.3 Å². The molecule has 128 valence electrons. The van der Waals surface area contributed by atoms with Crippen LogP contribution in [0, 0.1) is 0 Å². The molecule has 7 heteroatoms. The number of nitrogens with one attached hydrogen (secondary N) is 2. The summed E-state index contributed by atoms with van der Waals surface area (Å²) < 4.78 is 10.9. The second kappa shape index (κ2) is 8.23. The smallest absolute Gasteiger partial charge is 0.222 e. The summed E-state index contributed by atoms with van der Waals surface area (Å²) in [6.07, 6.45) is 2.14. The number of thiazole rings is 1. The average Bonchev–Trinajstić information content (AvgIpc) is 3.09. The molecule has 1 amide bonds. The standard InChI is InChI=1S/C17H21N3O3S/c1-22-15-5-3-2-4-14(15)17-20-11-13(24-17)10-19-16(21)8-12-9-18-6-7-23-12/h2-5,11-12,18H,6-10H2,1H3,(H,19,21)/t12-/m0/s1. The number of carbonyl (C=O) groups excluding carboxylic acids is 1. The van der Waals surface area contributed by atoms with Gasteiger partial charge in [-0.3, -0.25) is 4.79 Å². The molecule has 1 atom stereocenters. The van der Waals surface area contributed by atoms with Crippen molar-refractivity contribution in [2.24, 2.45) is 0 Å². The number of morpholine rings is 1. The van der Waals surface area contributed by atoms with Gasteiger partial charge in [0.15, 0.2) is 0 Å². The van der Waals surface area contributed by atoms with Gasteiger partial charge in [0.2, 0.25) is 5.91 Å². The monoisotopic (exact) mass is 347 g/mol. The zero-order chi connectivity index (χ0) is 16.8. The first-order valence-corrected chi connectivity index (χ1v) is 8.75. The summed E-state index contributed by atoms with van der Waals surface area (Å²) in [5.74, 6) is 0.792. The largest absolute Gasteiger partial charge is 0.496 e. The fourth-order valence-corrected chi connectivity index (χ4v) is 3.43. The molecule has 1 aromatic carbocycles.